The van der Waals surface area contributed by atoms with Crippen molar-refractivity contribution in [2.75, 3.05) is 42.7 Å². The predicted molar refractivity (Wildman–Crippen MR) is 89.5 cm³/mol. The summed E-state index contributed by atoms with van der Waals surface area (Å²) < 4.78 is 31.7. The zero-order valence-corrected chi connectivity index (χ0v) is 14.0. The van der Waals surface area contributed by atoms with Crippen LogP contribution in [0.25, 0.3) is 0 Å². The average molecular weight is 367 g/mol. The van der Waals surface area contributed by atoms with E-state index >= 15 is 0 Å². The second-order valence-electron chi connectivity index (χ2n) is 6.22. The van der Waals surface area contributed by atoms with Crippen LogP contribution in [0.1, 0.15) is 12.8 Å². The van der Waals surface area contributed by atoms with Crippen molar-refractivity contribution < 1.29 is 27.9 Å². The van der Waals surface area contributed by atoms with Gasteiger partial charge in [-0.15, -0.1) is 0 Å². The molecule has 2 fully saturated rings. The van der Waals surface area contributed by atoms with Gasteiger partial charge >= 0.3 is 6.09 Å². The van der Waals surface area contributed by atoms with Crippen molar-refractivity contribution in [1.29, 1.82) is 0 Å². The quantitative estimate of drug-likeness (QED) is 0.851. The number of Topliss-reactive ketones (excluding diaryl/α,β-unsaturated/α-hetero) is 1. The number of carbonyl (C=O) groups excluding carboxylic acids is 3. The number of hydrogen-bond acceptors (Lipinski definition) is 5. The summed E-state index contributed by atoms with van der Waals surface area (Å²) in [6.07, 6.45) is -0.494. The molecule has 0 aromatic heterocycles. The molecule has 3 rings (SSSR count). The highest BCUT2D eigenvalue weighted by Gasteiger charge is 2.33. The van der Waals surface area contributed by atoms with Gasteiger partial charge in [0.15, 0.2) is 6.67 Å². The van der Waals surface area contributed by atoms with Gasteiger partial charge in [-0.2, -0.15) is 0 Å². The van der Waals surface area contributed by atoms with Crippen LogP contribution in [0.2, 0.25) is 0 Å². The summed E-state index contributed by atoms with van der Waals surface area (Å²) in [5.41, 5.74) is 0.726. The van der Waals surface area contributed by atoms with Gasteiger partial charge in [-0.3, -0.25) is 14.5 Å². The summed E-state index contributed by atoms with van der Waals surface area (Å²) in [5.74, 6) is -1.10. The van der Waals surface area contributed by atoms with Crippen molar-refractivity contribution in [3.63, 3.8) is 0 Å². The molecule has 1 atom stereocenters. The summed E-state index contributed by atoms with van der Waals surface area (Å²) in [6.45, 7) is -0.0800. The summed E-state index contributed by atoms with van der Waals surface area (Å²) in [5, 5.41) is 2.31. The highest BCUT2D eigenvalue weighted by Crippen LogP contribution is 2.29. The van der Waals surface area contributed by atoms with Crippen LogP contribution in [0.3, 0.4) is 0 Å². The highest BCUT2D eigenvalue weighted by atomic mass is 19.1. The monoisotopic (exact) mass is 367 g/mol. The molecule has 2 aliphatic heterocycles. The molecule has 1 N–H and O–H groups in total. The maximum Gasteiger partial charge on any atom is 0.414 e. The Bertz CT molecular complexity index is 718. The van der Waals surface area contributed by atoms with Crippen molar-refractivity contribution in [1.82, 2.24) is 5.32 Å². The Morgan fingerprint density at radius 1 is 1.27 bits per heavy atom. The van der Waals surface area contributed by atoms with Crippen molar-refractivity contribution in [3.8, 4) is 0 Å². The number of hydrogen-bond donors (Lipinski definition) is 1. The fourth-order valence-electron chi connectivity index (χ4n) is 3.03. The number of halogens is 2. The van der Waals surface area contributed by atoms with Gasteiger partial charge in [0.25, 0.3) is 5.91 Å². The van der Waals surface area contributed by atoms with Crippen LogP contribution in [0.5, 0.6) is 0 Å². The number of amides is 2. The number of alkyl halides is 1. The molecule has 2 heterocycles. The number of ether oxygens (including phenoxy) is 1. The van der Waals surface area contributed by atoms with E-state index in [4.69, 9.17) is 4.74 Å². The van der Waals surface area contributed by atoms with E-state index in [9.17, 15) is 23.2 Å². The fourth-order valence-corrected chi connectivity index (χ4v) is 3.03. The van der Waals surface area contributed by atoms with Crippen molar-refractivity contribution >= 4 is 29.2 Å². The molecule has 1 aromatic rings. The third kappa shape index (κ3) is 3.92. The molecular formula is C17H19F2N3O4. The zero-order chi connectivity index (χ0) is 18.7. The van der Waals surface area contributed by atoms with Crippen LogP contribution >= 0.6 is 0 Å². The van der Waals surface area contributed by atoms with Crippen LogP contribution in [-0.4, -0.2) is 56.7 Å². The predicted octanol–water partition coefficient (Wildman–Crippen LogP) is 1.41. The van der Waals surface area contributed by atoms with Gasteiger partial charge in [-0.05, 0) is 18.2 Å². The lowest BCUT2D eigenvalue weighted by atomic mass is 10.1. The molecule has 7 nitrogen and oxygen atoms in total. The van der Waals surface area contributed by atoms with Gasteiger partial charge in [0.1, 0.15) is 17.7 Å². The lowest BCUT2D eigenvalue weighted by Crippen LogP contribution is -2.35. The molecule has 2 aliphatic rings. The van der Waals surface area contributed by atoms with E-state index in [0.29, 0.717) is 37.3 Å². The second kappa shape index (κ2) is 7.67. The van der Waals surface area contributed by atoms with Crippen LogP contribution < -0.4 is 15.1 Å². The standard InChI is InChI=1S/C17H19F2N3O4/c18-8-16(24)20-9-13-10-22(17(25)26-13)11-1-2-15(14(19)7-11)21-5-3-12(23)4-6-21/h1-2,7,13H,3-6,8-10H2,(H,20,24)/t13-/m0/s1. The molecule has 1 aromatic carbocycles. The van der Waals surface area contributed by atoms with Gasteiger partial charge in [-0.25, -0.2) is 13.6 Å². The van der Waals surface area contributed by atoms with Gasteiger partial charge in [0, 0.05) is 25.9 Å². The first-order valence-corrected chi connectivity index (χ1v) is 8.35. The maximum absolute atomic E-state index is 14.5. The first-order valence-electron chi connectivity index (χ1n) is 8.35. The normalized spacial score (nSPS) is 20.3. The molecule has 0 bridgehead atoms. The van der Waals surface area contributed by atoms with Crippen molar-refractivity contribution in [2.24, 2.45) is 0 Å². The van der Waals surface area contributed by atoms with Crippen molar-refractivity contribution in [3.05, 3.63) is 24.0 Å². The van der Waals surface area contributed by atoms with E-state index in [2.05, 4.69) is 5.32 Å². The minimum Gasteiger partial charge on any atom is -0.442 e. The third-order valence-corrected chi connectivity index (χ3v) is 4.43. The van der Waals surface area contributed by atoms with E-state index < -0.39 is 30.6 Å². The summed E-state index contributed by atoms with van der Waals surface area (Å²) in [4.78, 5) is 37.3. The summed E-state index contributed by atoms with van der Waals surface area (Å²) in [6, 6.07) is 4.43. The maximum atomic E-state index is 14.5. The Kier molecular flexibility index (Phi) is 5.34. The topological polar surface area (TPSA) is 79.0 Å². The SMILES string of the molecule is O=C1CCN(c2ccc(N3C[C@H](CNC(=O)CF)OC3=O)cc2F)CC1. The number of nitrogens with zero attached hydrogens (tertiary/aromatic N) is 2. The largest absolute Gasteiger partial charge is 0.442 e. The van der Waals surface area contributed by atoms with Crippen LogP contribution in [-0.2, 0) is 14.3 Å². The molecule has 2 saturated heterocycles. The molecule has 9 heteroatoms. The first kappa shape index (κ1) is 18.1. The Labute approximate surface area is 148 Å². The minimum atomic E-state index is -1.14. The Morgan fingerprint density at radius 2 is 2.00 bits per heavy atom. The fraction of sp³-hybridized carbons (Fsp3) is 0.471. The molecule has 0 aliphatic carbocycles. The molecule has 140 valence electrons. The molecule has 0 spiro atoms. The number of piperidine rings is 1. The van der Waals surface area contributed by atoms with Gasteiger partial charge in [0.2, 0.25) is 0 Å². The van der Waals surface area contributed by atoms with Gasteiger partial charge < -0.3 is 15.0 Å². The Balaban J connectivity index is 1.66. The molecule has 26 heavy (non-hydrogen) atoms. The minimum absolute atomic E-state index is 0.00658. The second-order valence-corrected chi connectivity index (χ2v) is 6.22. The first-order chi connectivity index (χ1) is 12.5. The number of carbonyl (C=O) groups is 3. The van der Waals surface area contributed by atoms with E-state index in [1.54, 1.807) is 17.0 Å². The molecule has 0 saturated carbocycles. The van der Waals surface area contributed by atoms with Crippen LogP contribution in [0.4, 0.5) is 25.0 Å². The highest BCUT2D eigenvalue weighted by molar-refractivity contribution is 5.90. The number of nitrogens with one attached hydrogen (secondary N) is 1. The van der Waals surface area contributed by atoms with Gasteiger partial charge in [0.05, 0.1) is 24.5 Å². The number of rotatable bonds is 5. The molecule has 0 radical (unpaired) electrons. The number of anilines is 2. The van der Waals surface area contributed by atoms with Crippen LogP contribution in [0.15, 0.2) is 18.2 Å². The lowest BCUT2D eigenvalue weighted by Gasteiger charge is -2.28. The smallest absolute Gasteiger partial charge is 0.414 e. The van der Waals surface area contributed by atoms with Crippen molar-refractivity contribution in [2.45, 2.75) is 18.9 Å². The van der Waals surface area contributed by atoms with E-state index in [-0.39, 0.29) is 18.9 Å². The number of cyclic esters (lactones) is 1. The molecular weight excluding hydrogens is 348 g/mol. The average Bonchev–Trinajstić information content (AvgIpc) is 3.01. The number of benzene rings is 1. The van der Waals surface area contributed by atoms with E-state index in [1.165, 1.54) is 11.0 Å². The summed E-state index contributed by atoms with van der Waals surface area (Å²) in [7, 11) is 0. The Morgan fingerprint density at radius 3 is 2.65 bits per heavy atom. The van der Waals surface area contributed by atoms with E-state index in [1.807, 2.05) is 0 Å². The summed E-state index contributed by atoms with van der Waals surface area (Å²) >= 11 is 0. The molecule has 0 unspecified atom stereocenters. The molecule has 2 amide bonds. The third-order valence-electron chi connectivity index (χ3n) is 4.43. The van der Waals surface area contributed by atoms with Gasteiger partial charge in [-0.1, -0.05) is 0 Å². The Hall–Kier alpha value is -2.71. The van der Waals surface area contributed by atoms with Crippen LogP contribution in [0, 0.1) is 5.82 Å². The van der Waals surface area contributed by atoms with E-state index in [0.717, 1.165) is 0 Å². The number of ketones is 1. The lowest BCUT2D eigenvalue weighted by molar-refractivity contribution is -0.122. The zero-order valence-electron chi connectivity index (χ0n) is 14.0.